The van der Waals surface area contributed by atoms with E-state index in [0.29, 0.717) is 5.02 Å². The Morgan fingerprint density at radius 3 is 2.10 bits per heavy atom. The Hall–Kier alpha value is -1.45. The first-order chi connectivity index (χ1) is 9.50. The molecule has 0 aliphatic rings. The van der Waals surface area contributed by atoms with E-state index in [0.717, 1.165) is 5.56 Å². The van der Waals surface area contributed by atoms with E-state index >= 15 is 0 Å². The summed E-state index contributed by atoms with van der Waals surface area (Å²) in [5, 5.41) is 3.80. The third-order valence-electron chi connectivity index (χ3n) is 3.30. The molecule has 0 fully saturated rings. The first kappa shape index (κ1) is 14.9. The lowest BCUT2D eigenvalue weighted by Crippen LogP contribution is -2.24. The Balaban J connectivity index is 2.20. The molecule has 0 spiro atoms. The Kier molecular flexibility index (Phi) is 4.73. The van der Waals surface area contributed by atoms with E-state index in [2.05, 4.69) is 5.32 Å². The smallest absolute Gasteiger partial charge is 0.130 e. The van der Waals surface area contributed by atoms with Gasteiger partial charge in [-0.3, -0.25) is 0 Å². The molecule has 2 aromatic carbocycles. The zero-order valence-corrected chi connectivity index (χ0v) is 12.1. The second kappa shape index (κ2) is 6.33. The normalized spacial score (nSPS) is 14.1. The molecule has 0 heterocycles. The summed E-state index contributed by atoms with van der Waals surface area (Å²) >= 11 is 6.12. The average Bonchev–Trinajstić information content (AvgIpc) is 2.38. The predicted octanol–water partition coefficient (Wildman–Crippen LogP) is 5.03. The van der Waals surface area contributed by atoms with Crippen molar-refractivity contribution >= 4 is 11.6 Å². The fourth-order valence-electron chi connectivity index (χ4n) is 2.30. The van der Waals surface area contributed by atoms with Crippen LogP contribution in [0.2, 0.25) is 5.02 Å². The molecular formula is C16H16ClF2N. The van der Waals surface area contributed by atoms with Gasteiger partial charge in [-0.1, -0.05) is 35.9 Å². The Morgan fingerprint density at radius 1 is 0.900 bits per heavy atom. The van der Waals surface area contributed by atoms with Crippen LogP contribution in [0.5, 0.6) is 0 Å². The summed E-state index contributed by atoms with van der Waals surface area (Å²) < 4.78 is 27.5. The van der Waals surface area contributed by atoms with Crippen molar-refractivity contribution in [2.45, 2.75) is 25.9 Å². The van der Waals surface area contributed by atoms with Crippen molar-refractivity contribution in [2.75, 3.05) is 0 Å². The van der Waals surface area contributed by atoms with Crippen molar-refractivity contribution in [3.05, 3.63) is 70.2 Å². The highest BCUT2D eigenvalue weighted by atomic mass is 35.5. The maximum absolute atomic E-state index is 13.7. The zero-order chi connectivity index (χ0) is 14.7. The number of hydrogen-bond acceptors (Lipinski definition) is 1. The third-order valence-corrected chi connectivity index (χ3v) is 3.65. The molecule has 4 heteroatoms. The van der Waals surface area contributed by atoms with Crippen molar-refractivity contribution in [1.82, 2.24) is 5.32 Å². The second-order valence-electron chi connectivity index (χ2n) is 4.77. The SMILES string of the molecule is CC(N[C@H](C)c1ccccc1Cl)c1c(F)cccc1F. The molecule has 2 rings (SSSR count). The lowest BCUT2D eigenvalue weighted by Gasteiger charge is -2.22. The standard InChI is InChI=1S/C16H16ClF2N/c1-10(12-6-3-4-7-13(12)17)20-11(2)16-14(18)8-5-9-15(16)19/h3-11,20H,1-2H3/t10-,11?/m1/s1. The molecule has 0 aliphatic heterocycles. The lowest BCUT2D eigenvalue weighted by atomic mass is 10.0. The van der Waals surface area contributed by atoms with Crippen LogP contribution in [0.1, 0.15) is 37.1 Å². The van der Waals surface area contributed by atoms with Crippen molar-refractivity contribution in [3.8, 4) is 0 Å². The summed E-state index contributed by atoms with van der Waals surface area (Å²) in [6.45, 7) is 3.64. The van der Waals surface area contributed by atoms with Crippen LogP contribution in [0.3, 0.4) is 0 Å². The molecule has 0 saturated heterocycles. The van der Waals surface area contributed by atoms with Gasteiger partial charge >= 0.3 is 0 Å². The van der Waals surface area contributed by atoms with Gasteiger partial charge in [0, 0.05) is 22.7 Å². The Morgan fingerprint density at radius 2 is 1.50 bits per heavy atom. The summed E-state index contributed by atoms with van der Waals surface area (Å²) in [5.41, 5.74) is 0.948. The van der Waals surface area contributed by atoms with Gasteiger partial charge in [-0.25, -0.2) is 8.78 Å². The molecule has 0 bridgehead atoms. The molecular weight excluding hydrogens is 280 g/mol. The minimum absolute atomic E-state index is 0.0476. The summed E-state index contributed by atoms with van der Waals surface area (Å²) in [5.74, 6) is -1.09. The summed E-state index contributed by atoms with van der Waals surface area (Å²) in [4.78, 5) is 0. The van der Waals surface area contributed by atoms with Gasteiger partial charge in [0.15, 0.2) is 0 Å². The third kappa shape index (κ3) is 3.17. The van der Waals surface area contributed by atoms with Crippen LogP contribution in [0, 0.1) is 11.6 Å². The number of halogens is 3. The Labute approximate surface area is 122 Å². The van der Waals surface area contributed by atoms with Crippen LogP contribution in [-0.2, 0) is 0 Å². The predicted molar refractivity (Wildman–Crippen MR) is 77.8 cm³/mol. The van der Waals surface area contributed by atoms with Crippen LogP contribution in [0.15, 0.2) is 42.5 Å². The molecule has 0 saturated carbocycles. The van der Waals surface area contributed by atoms with Crippen LogP contribution in [0.25, 0.3) is 0 Å². The number of rotatable bonds is 4. The van der Waals surface area contributed by atoms with Crippen molar-refractivity contribution in [3.63, 3.8) is 0 Å². The largest absolute Gasteiger partial charge is 0.303 e. The monoisotopic (exact) mass is 295 g/mol. The van der Waals surface area contributed by atoms with E-state index in [9.17, 15) is 8.78 Å². The quantitative estimate of drug-likeness (QED) is 0.834. The summed E-state index contributed by atoms with van der Waals surface area (Å²) in [7, 11) is 0. The molecule has 1 N–H and O–H groups in total. The maximum atomic E-state index is 13.7. The van der Waals surface area contributed by atoms with E-state index in [1.165, 1.54) is 18.2 Å². The van der Waals surface area contributed by atoms with E-state index < -0.39 is 17.7 Å². The van der Waals surface area contributed by atoms with Gasteiger partial charge in [0.05, 0.1) is 0 Å². The number of hydrogen-bond donors (Lipinski definition) is 1. The molecule has 0 radical (unpaired) electrons. The molecule has 2 atom stereocenters. The van der Waals surface area contributed by atoms with Gasteiger partial charge in [-0.05, 0) is 37.6 Å². The molecule has 106 valence electrons. The molecule has 1 nitrogen and oxygen atoms in total. The molecule has 1 unspecified atom stereocenters. The molecule has 0 amide bonds. The van der Waals surface area contributed by atoms with Crippen LogP contribution in [0.4, 0.5) is 8.78 Å². The number of nitrogens with one attached hydrogen (secondary N) is 1. The van der Waals surface area contributed by atoms with Crippen LogP contribution >= 0.6 is 11.6 Å². The topological polar surface area (TPSA) is 12.0 Å². The minimum Gasteiger partial charge on any atom is -0.303 e. The molecule has 2 aromatic rings. The van der Waals surface area contributed by atoms with Crippen molar-refractivity contribution < 1.29 is 8.78 Å². The highest BCUT2D eigenvalue weighted by Crippen LogP contribution is 2.27. The van der Waals surface area contributed by atoms with Gasteiger partial charge < -0.3 is 5.32 Å². The van der Waals surface area contributed by atoms with E-state index in [-0.39, 0.29) is 11.6 Å². The van der Waals surface area contributed by atoms with Crippen LogP contribution in [-0.4, -0.2) is 0 Å². The first-order valence-corrected chi connectivity index (χ1v) is 6.83. The lowest BCUT2D eigenvalue weighted by molar-refractivity contribution is 0.450. The van der Waals surface area contributed by atoms with Gasteiger partial charge in [-0.2, -0.15) is 0 Å². The van der Waals surface area contributed by atoms with Crippen LogP contribution < -0.4 is 5.32 Å². The zero-order valence-electron chi connectivity index (χ0n) is 11.3. The summed E-state index contributed by atoms with van der Waals surface area (Å²) in [6, 6.07) is 10.7. The van der Waals surface area contributed by atoms with Gasteiger partial charge in [-0.15, -0.1) is 0 Å². The molecule has 20 heavy (non-hydrogen) atoms. The average molecular weight is 296 g/mol. The van der Waals surface area contributed by atoms with Gasteiger partial charge in [0.25, 0.3) is 0 Å². The summed E-state index contributed by atoms with van der Waals surface area (Å²) in [6.07, 6.45) is 0. The van der Waals surface area contributed by atoms with Gasteiger partial charge in [0.1, 0.15) is 11.6 Å². The molecule has 0 aromatic heterocycles. The van der Waals surface area contributed by atoms with E-state index in [1.54, 1.807) is 13.0 Å². The van der Waals surface area contributed by atoms with E-state index in [4.69, 9.17) is 11.6 Å². The highest BCUT2D eigenvalue weighted by molar-refractivity contribution is 6.31. The Bertz CT molecular complexity index is 581. The fourth-order valence-corrected chi connectivity index (χ4v) is 2.60. The number of benzene rings is 2. The fraction of sp³-hybridized carbons (Fsp3) is 0.250. The first-order valence-electron chi connectivity index (χ1n) is 6.45. The van der Waals surface area contributed by atoms with Crippen molar-refractivity contribution in [1.29, 1.82) is 0 Å². The highest BCUT2D eigenvalue weighted by Gasteiger charge is 2.19. The molecule has 0 aliphatic carbocycles. The maximum Gasteiger partial charge on any atom is 0.130 e. The minimum atomic E-state index is -0.545. The van der Waals surface area contributed by atoms with Gasteiger partial charge in [0.2, 0.25) is 0 Å². The van der Waals surface area contributed by atoms with Crippen molar-refractivity contribution in [2.24, 2.45) is 0 Å². The van der Waals surface area contributed by atoms with E-state index in [1.807, 2.05) is 25.1 Å². The second-order valence-corrected chi connectivity index (χ2v) is 5.17.